The molecule has 1 aromatic rings. The van der Waals surface area contributed by atoms with Crippen LogP contribution in [0.5, 0.6) is 0 Å². The number of halogens is 4. The maximum atomic E-state index is 13.9. The van der Waals surface area contributed by atoms with Gasteiger partial charge in [0, 0.05) is 45.4 Å². The Hall–Kier alpha value is -1.18. The van der Waals surface area contributed by atoms with E-state index in [4.69, 9.17) is 4.74 Å². The van der Waals surface area contributed by atoms with Crippen molar-refractivity contribution in [2.45, 2.75) is 25.1 Å². The molecule has 3 rings (SSSR count). The molecule has 7 heteroatoms. The van der Waals surface area contributed by atoms with E-state index < -0.39 is 17.6 Å². The van der Waals surface area contributed by atoms with Gasteiger partial charge >= 0.3 is 6.18 Å². The van der Waals surface area contributed by atoms with Crippen LogP contribution in [0.4, 0.5) is 17.6 Å². The zero-order valence-electron chi connectivity index (χ0n) is 13.4. The fourth-order valence-corrected chi connectivity index (χ4v) is 3.72. The monoisotopic (exact) mass is 346 g/mol. The third-order valence-electron chi connectivity index (χ3n) is 4.85. The second-order valence-electron chi connectivity index (χ2n) is 6.45. The second-order valence-corrected chi connectivity index (χ2v) is 6.45. The maximum Gasteiger partial charge on any atom is 0.416 e. The number of hydrogen-bond acceptors (Lipinski definition) is 3. The highest BCUT2D eigenvalue weighted by molar-refractivity contribution is 5.30. The zero-order valence-corrected chi connectivity index (χ0v) is 13.4. The molecule has 0 unspecified atom stereocenters. The summed E-state index contributed by atoms with van der Waals surface area (Å²) in [7, 11) is 0. The van der Waals surface area contributed by atoms with E-state index in [2.05, 4.69) is 10.2 Å². The third kappa shape index (κ3) is 4.07. The van der Waals surface area contributed by atoms with E-state index >= 15 is 0 Å². The van der Waals surface area contributed by atoms with Crippen LogP contribution in [0.2, 0.25) is 0 Å². The highest BCUT2D eigenvalue weighted by Gasteiger charge is 2.35. The summed E-state index contributed by atoms with van der Waals surface area (Å²) in [6.07, 6.45) is -2.97. The molecule has 134 valence electrons. The van der Waals surface area contributed by atoms with Crippen LogP contribution < -0.4 is 5.32 Å². The molecule has 1 aromatic carbocycles. The molecule has 24 heavy (non-hydrogen) atoms. The van der Waals surface area contributed by atoms with E-state index in [-0.39, 0.29) is 12.0 Å². The average molecular weight is 346 g/mol. The summed E-state index contributed by atoms with van der Waals surface area (Å²) in [5.41, 5.74) is -0.485. The van der Waals surface area contributed by atoms with Crippen molar-refractivity contribution >= 4 is 0 Å². The molecule has 2 heterocycles. The van der Waals surface area contributed by atoms with Gasteiger partial charge < -0.3 is 10.1 Å². The predicted octanol–water partition coefficient (Wildman–Crippen LogP) is 3.22. The van der Waals surface area contributed by atoms with Gasteiger partial charge in [-0.05, 0) is 42.5 Å². The number of piperazine rings is 1. The Morgan fingerprint density at radius 1 is 1.08 bits per heavy atom. The first-order chi connectivity index (χ1) is 11.4. The molecule has 0 aliphatic carbocycles. The van der Waals surface area contributed by atoms with Crippen LogP contribution in [-0.2, 0) is 10.9 Å². The lowest BCUT2D eigenvalue weighted by Crippen LogP contribution is -2.47. The Kier molecular flexibility index (Phi) is 5.42. The summed E-state index contributed by atoms with van der Waals surface area (Å²) in [6, 6.07) is 2.75. The van der Waals surface area contributed by atoms with Crippen molar-refractivity contribution in [1.82, 2.24) is 10.2 Å². The summed E-state index contributed by atoms with van der Waals surface area (Å²) in [5, 5.41) is 3.25. The van der Waals surface area contributed by atoms with Crippen molar-refractivity contribution in [1.29, 1.82) is 0 Å². The summed E-state index contributed by atoms with van der Waals surface area (Å²) < 4.78 is 58.5. The van der Waals surface area contributed by atoms with Gasteiger partial charge in [0.25, 0.3) is 0 Å². The molecular weight excluding hydrogens is 324 g/mol. The van der Waals surface area contributed by atoms with Crippen LogP contribution in [0.25, 0.3) is 0 Å². The molecular formula is C17H22F4N2O. The van der Waals surface area contributed by atoms with Crippen LogP contribution in [-0.4, -0.2) is 44.3 Å². The molecule has 0 amide bonds. The minimum Gasteiger partial charge on any atom is -0.381 e. The van der Waals surface area contributed by atoms with E-state index in [1.165, 1.54) is 6.07 Å². The van der Waals surface area contributed by atoms with Gasteiger partial charge in [-0.25, -0.2) is 4.39 Å². The van der Waals surface area contributed by atoms with Crippen molar-refractivity contribution in [3.63, 3.8) is 0 Å². The normalized spacial score (nSPS) is 22.5. The van der Waals surface area contributed by atoms with Crippen LogP contribution in [0, 0.1) is 11.7 Å². The van der Waals surface area contributed by atoms with Crippen molar-refractivity contribution in [2.24, 2.45) is 5.92 Å². The van der Waals surface area contributed by atoms with Gasteiger partial charge in [0.1, 0.15) is 5.82 Å². The van der Waals surface area contributed by atoms with Gasteiger partial charge in [-0.3, -0.25) is 4.90 Å². The lowest BCUT2D eigenvalue weighted by Gasteiger charge is -2.41. The fraction of sp³-hybridized carbons (Fsp3) is 0.647. The Morgan fingerprint density at radius 3 is 2.38 bits per heavy atom. The maximum absolute atomic E-state index is 13.9. The summed E-state index contributed by atoms with van der Waals surface area (Å²) in [4.78, 5) is 2.18. The lowest BCUT2D eigenvalue weighted by atomic mass is 9.85. The lowest BCUT2D eigenvalue weighted by molar-refractivity contribution is -0.137. The standard InChI is InChI=1S/C17H22F4N2O/c18-15-10-13(9-14(11-15)17(19,20)21)16(12-1-7-24-8-2-12)23-5-3-22-4-6-23/h9-12,16,22H,1-8H2/t16-/m1/s1. The highest BCUT2D eigenvalue weighted by atomic mass is 19.4. The van der Waals surface area contributed by atoms with Crippen LogP contribution >= 0.6 is 0 Å². The molecule has 0 saturated carbocycles. The van der Waals surface area contributed by atoms with Gasteiger partial charge in [0.15, 0.2) is 0 Å². The average Bonchev–Trinajstić information content (AvgIpc) is 2.56. The number of hydrogen-bond donors (Lipinski definition) is 1. The first-order valence-corrected chi connectivity index (χ1v) is 8.35. The Labute approximate surface area is 139 Å². The fourth-order valence-electron chi connectivity index (χ4n) is 3.72. The summed E-state index contributed by atoms with van der Waals surface area (Å²) in [6.45, 7) is 4.30. The number of benzene rings is 1. The van der Waals surface area contributed by atoms with Gasteiger partial charge in [-0.15, -0.1) is 0 Å². The third-order valence-corrected chi connectivity index (χ3v) is 4.85. The molecule has 0 bridgehead atoms. The van der Waals surface area contributed by atoms with Crippen molar-refractivity contribution in [3.8, 4) is 0 Å². The molecule has 1 atom stereocenters. The molecule has 2 fully saturated rings. The van der Waals surface area contributed by atoms with Gasteiger partial charge in [0.05, 0.1) is 5.56 Å². The van der Waals surface area contributed by atoms with Crippen molar-refractivity contribution < 1.29 is 22.3 Å². The van der Waals surface area contributed by atoms with Crippen LogP contribution in [0.15, 0.2) is 18.2 Å². The van der Waals surface area contributed by atoms with Crippen molar-refractivity contribution in [2.75, 3.05) is 39.4 Å². The smallest absolute Gasteiger partial charge is 0.381 e. The Morgan fingerprint density at radius 2 is 1.75 bits per heavy atom. The first-order valence-electron chi connectivity index (χ1n) is 8.35. The van der Waals surface area contributed by atoms with E-state index in [1.54, 1.807) is 0 Å². The molecule has 2 aliphatic heterocycles. The number of rotatable bonds is 3. The SMILES string of the molecule is Fc1cc([C@@H](C2CCOCC2)N2CCNCC2)cc(C(F)(F)F)c1. The minimum atomic E-state index is -4.54. The van der Waals surface area contributed by atoms with Gasteiger partial charge in [-0.1, -0.05) is 0 Å². The van der Waals surface area contributed by atoms with Crippen LogP contribution in [0.3, 0.4) is 0 Å². The largest absolute Gasteiger partial charge is 0.416 e. The molecule has 1 N–H and O–H groups in total. The van der Waals surface area contributed by atoms with E-state index in [0.717, 1.165) is 45.1 Å². The van der Waals surface area contributed by atoms with E-state index in [1.807, 2.05) is 0 Å². The van der Waals surface area contributed by atoms with E-state index in [0.29, 0.717) is 24.8 Å². The minimum absolute atomic E-state index is 0.180. The molecule has 3 nitrogen and oxygen atoms in total. The molecule has 0 spiro atoms. The quantitative estimate of drug-likeness (QED) is 0.851. The molecule has 2 aliphatic rings. The topological polar surface area (TPSA) is 24.5 Å². The van der Waals surface area contributed by atoms with Crippen LogP contribution in [0.1, 0.15) is 30.0 Å². The summed E-state index contributed by atoms with van der Waals surface area (Å²) >= 11 is 0. The number of alkyl halides is 3. The molecule has 2 saturated heterocycles. The summed E-state index contributed by atoms with van der Waals surface area (Å²) in [5.74, 6) is -0.647. The van der Waals surface area contributed by atoms with Gasteiger partial charge in [-0.2, -0.15) is 13.2 Å². The molecule has 0 radical (unpaired) electrons. The zero-order chi connectivity index (χ0) is 17.2. The Balaban J connectivity index is 1.96. The van der Waals surface area contributed by atoms with Gasteiger partial charge in [0.2, 0.25) is 0 Å². The number of ether oxygens (including phenoxy) is 1. The van der Waals surface area contributed by atoms with Crippen molar-refractivity contribution in [3.05, 3.63) is 35.1 Å². The molecule has 0 aromatic heterocycles. The number of nitrogens with one attached hydrogen (secondary N) is 1. The predicted molar refractivity (Wildman–Crippen MR) is 82.1 cm³/mol. The van der Waals surface area contributed by atoms with E-state index in [9.17, 15) is 17.6 Å². The number of nitrogens with zero attached hydrogens (tertiary/aromatic N) is 1. The first kappa shape index (κ1) is 17.6. The second kappa shape index (κ2) is 7.37. The highest BCUT2D eigenvalue weighted by Crippen LogP contribution is 2.38. The Bertz CT molecular complexity index is 534.